The van der Waals surface area contributed by atoms with Gasteiger partial charge in [0.25, 0.3) is 0 Å². The molecule has 5 rings (SSSR count). The number of carbonyl (C=O) groups is 3. The van der Waals surface area contributed by atoms with E-state index in [1.807, 2.05) is 134 Å². The van der Waals surface area contributed by atoms with Crippen molar-refractivity contribution in [1.29, 1.82) is 5.26 Å². The van der Waals surface area contributed by atoms with Gasteiger partial charge in [-0.3, -0.25) is 19.2 Å². The Kier molecular flexibility index (Phi) is 12.0. The third kappa shape index (κ3) is 9.00. The van der Waals surface area contributed by atoms with E-state index < -0.39 is 34.9 Å². The van der Waals surface area contributed by atoms with Crippen molar-refractivity contribution in [3.63, 3.8) is 0 Å². The molecule has 0 aromatic heterocycles. The van der Waals surface area contributed by atoms with Crippen LogP contribution in [0.5, 0.6) is 0 Å². The number of nitrogens with zero attached hydrogens (tertiary/aromatic N) is 2. The molecule has 0 aliphatic rings. The largest absolute Gasteiger partial charge is 0.460 e. The Morgan fingerprint density at radius 1 is 0.692 bits per heavy atom. The number of esters is 1. The van der Waals surface area contributed by atoms with Crippen molar-refractivity contribution < 1.29 is 24.0 Å². The predicted octanol–water partition coefficient (Wildman–Crippen LogP) is 8.36. The average Bonchev–Trinajstić information content (AvgIpc) is 3.16. The highest BCUT2D eigenvalue weighted by Gasteiger charge is 2.40. The van der Waals surface area contributed by atoms with E-state index in [9.17, 15) is 14.4 Å². The summed E-state index contributed by atoms with van der Waals surface area (Å²) in [4.78, 5) is 49.4. The van der Waals surface area contributed by atoms with E-state index in [1.165, 1.54) is 0 Å². The molecule has 0 spiro atoms. The number of ether oxygens (including phenoxy) is 1. The Bertz CT molecular complexity index is 1890. The molecule has 0 heterocycles. The Balaban J connectivity index is 1.42. The first-order valence-corrected chi connectivity index (χ1v) is 17.3. The van der Waals surface area contributed by atoms with E-state index in [0.29, 0.717) is 17.8 Å². The molecular weight excluding hydrogens is 650 g/mol. The Labute approximate surface area is 305 Å². The molecule has 2 amide bonds. The molecule has 0 radical (unpaired) electrons. The smallest absolute Gasteiger partial charge is 0.307 e. The minimum absolute atomic E-state index is 0.301. The standard InChI is InChI=1S/C44H43N3O5/c1-5-47(39-27-25-34(26-28-39)33-23-21-32(31-45)22-24-33)42(50)35(30-41(49)51-43(2,3)4)29-40(48)46-52-44(36-15-9-6-10-16-36,37-17-11-7-12-18-37)38-19-13-8-14-20-38/h6-28,35H,5,29-30H2,1-4H3,(H,46,48). The number of benzene rings is 5. The van der Waals surface area contributed by atoms with Crippen molar-refractivity contribution in [2.75, 3.05) is 11.4 Å². The number of nitriles is 1. The van der Waals surface area contributed by atoms with Gasteiger partial charge in [-0.25, -0.2) is 5.48 Å². The second-order valence-corrected chi connectivity index (χ2v) is 13.4. The first-order valence-electron chi connectivity index (χ1n) is 17.3. The molecule has 0 saturated carbocycles. The van der Waals surface area contributed by atoms with Crippen molar-refractivity contribution in [2.24, 2.45) is 5.92 Å². The lowest BCUT2D eigenvalue weighted by Crippen LogP contribution is -2.43. The molecule has 8 heteroatoms. The van der Waals surface area contributed by atoms with Gasteiger partial charge in [0.05, 0.1) is 24.0 Å². The molecule has 0 aliphatic carbocycles. The van der Waals surface area contributed by atoms with Gasteiger partial charge in [-0.1, -0.05) is 115 Å². The normalized spacial score (nSPS) is 11.9. The molecule has 1 atom stereocenters. The van der Waals surface area contributed by atoms with Crippen LogP contribution in [0.15, 0.2) is 140 Å². The number of nitrogens with one attached hydrogen (secondary N) is 1. The van der Waals surface area contributed by atoms with Gasteiger partial charge in [0.1, 0.15) is 5.60 Å². The summed E-state index contributed by atoms with van der Waals surface area (Å²) in [7, 11) is 0. The molecule has 8 nitrogen and oxygen atoms in total. The summed E-state index contributed by atoms with van der Waals surface area (Å²) in [5, 5.41) is 9.14. The monoisotopic (exact) mass is 693 g/mol. The van der Waals surface area contributed by atoms with Crippen LogP contribution in [-0.4, -0.2) is 29.9 Å². The molecule has 0 fully saturated rings. The molecular formula is C44H43N3O5. The predicted molar refractivity (Wildman–Crippen MR) is 202 cm³/mol. The van der Waals surface area contributed by atoms with Crippen LogP contribution in [0.25, 0.3) is 11.1 Å². The topological polar surface area (TPSA) is 109 Å². The van der Waals surface area contributed by atoms with E-state index in [0.717, 1.165) is 27.8 Å². The van der Waals surface area contributed by atoms with Crippen LogP contribution in [0.2, 0.25) is 0 Å². The number of carbonyl (C=O) groups excluding carboxylic acids is 3. The summed E-state index contributed by atoms with van der Waals surface area (Å²) >= 11 is 0. The molecule has 0 saturated heterocycles. The lowest BCUT2D eigenvalue weighted by molar-refractivity contribution is -0.158. The first kappa shape index (κ1) is 37.2. The quantitative estimate of drug-likeness (QED) is 0.0755. The average molecular weight is 694 g/mol. The fourth-order valence-electron chi connectivity index (χ4n) is 6.18. The lowest BCUT2D eigenvalue weighted by atomic mass is 9.80. The maximum Gasteiger partial charge on any atom is 0.307 e. The molecule has 5 aromatic rings. The summed E-state index contributed by atoms with van der Waals surface area (Å²) in [5.74, 6) is -2.59. The van der Waals surface area contributed by atoms with E-state index in [4.69, 9.17) is 14.8 Å². The van der Waals surface area contributed by atoms with Gasteiger partial charge in [0.2, 0.25) is 11.8 Å². The molecule has 1 unspecified atom stereocenters. The van der Waals surface area contributed by atoms with Crippen LogP contribution >= 0.6 is 0 Å². The maximum atomic E-state index is 14.3. The SMILES string of the molecule is CCN(C(=O)C(CC(=O)NOC(c1ccccc1)(c1ccccc1)c1ccccc1)CC(=O)OC(C)(C)C)c1ccc(-c2ccc(C#N)cc2)cc1. The van der Waals surface area contributed by atoms with Crippen molar-refractivity contribution in [1.82, 2.24) is 5.48 Å². The zero-order valence-electron chi connectivity index (χ0n) is 29.9. The van der Waals surface area contributed by atoms with Gasteiger partial charge >= 0.3 is 5.97 Å². The van der Waals surface area contributed by atoms with Gasteiger partial charge < -0.3 is 9.64 Å². The molecule has 264 valence electrons. The summed E-state index contributed by atoms with van der Waals surface area (Å²) in [5.41, 5.74) is 6.06. The van der Waals surface area contributed by atoms with E-state index >= 15 is 0 Å². The highest BCUT2D eigenvalue weighted by Crippen LogP contribution is 2.40. The Morgan fingerprint density at radius 2 is 1.15 bits per heavy atom. The van der Waals surface area contributed by atoms with Gasteiger partial charge in [-0.15, -0.1) is 0 Å². The van der Waals surface area contributed by atoms with Crippen molar-refractivity contribution in [2.45, 2.75) is 51.7 Å². The van der Waals surface area contributed by atoms with E-state index in [-0.39, 0.29) is 12.8 Å². The summed E-state index contributed by atoms with van der Waals surface area (Å²) in [6.07, 6.45) is -0.628. The number of anilines is 1. The maximum absolute atomic E-state index is 14.3. The zero-order chi connectivity index (χ0) is 37.1. The molecule has 0 aliphatic heterocycles. The number of hydroxylamine groups is 1. The van der Waals surface area contributed by atoms with Crippen molar-refractivity contribution in [3.05, 3.63) is 162 Å². The fourth-order valence-corrected chi connectivity index (χ4v) is 6.18. The van der Waals surface area contributed by atoms with Crippen LogP contribution in [0.3, 0.4) is 0 Å². The zero-order valence-corrected chi connectivity index (χ0v) is 29.9. The summed E-state index contributed by atoms with van der Waals surface area (Å²) in [6.45, 7) is 7.41. The fraction of sp³-hybridized carbons (Fsp3) is 0.227. The van der Waals surface area contributed by atoms with Crippen molar-refractivity contribution >= 4 is 23.5 Å². The van der Waals surface area contributed by atoms with E-state index in [1.54, 1.807) is 37.8 Å². The number of hydrogen-bond donors (Lipinski definition) is 1. The lowest BCUT2D eigenvalue weighted by Gasteiger charge is -2.35. The highest BCUT2D eigenvalue weighted by atomic mass is 16.7. The number of amides is 2. The number of rotatable bonds is 13. The van der Waals surface area contributed by atoms with Crippen molar-refractivity contribution in [3.8, 4) is 17.2 Å². The first-order chi connectivity index (χ1) is 25.0. The highest BCUT2D eigenvalue weighted by molar-refractivity contribution is 5.99. The molecule has 0 bridgehead atoms. The summed E-state index contributed by atoms with van der Waals surface area (Å²) < 4.78 is 5.60. The van der Waals surface area contributed by atoms with Gasteiger partial charge in [0, 0.05) is 18.7 Å². The Morgan fingerprint density at radius 3 is 1.58 bits per heavy atom. The van der Waals surface area contributed by atoms with Crippen LogP contribution in [0.4, 0.5) is 5.69 Å². The van der Waals surface area contributed by atoms with Crippen LogP contribution in [0.1, 0.15) is 62.8 Å². The van der Waals surface area contributed by atoms with E-state index in [2.05, 4.69) is 11.5 Å². The Hall–Kier alpha value is -6.04. The third-order valence-electron chi connectivity index (χ3n) is 8.58. The van der Waals surface area contributed by atoms with Gasteiger partial charge in [0.15, 0.2) is 5.60 Å². The van der Waals surface area contributed by atoms with Crippen LogP contribution < -0.4 is 10.4 Å². The minimum atomic E-state index is -1.23. The molecule has 5 aromatic carbocycles. The van der Waals surface area contributed by atoms with Gasteiger partial charge in [-0.05, 0) is 79.8 Å². The molecule has 52 heavy (non-hydrogen) atoms. The van der Waals surface area contributed by atoms with Gasteiger partial charge in [-0.2, -0.15) is 5.26 Å². The van der Waals surface area contributed by atoms with Crippen LogP contribution in [-0.2, 0) is 29.6 Å². The minimum Gasteiger partial charge on any atom is -0.460 e. The second-order valence-electron chi connectivity index (χ2n) is 13.4. The number of hydrogen-bond acceptors (Lipinski definition) is 6. The molecule has 1 N–H and O–H groups in total. The summed E-state index contributed by atoms with van der Waals surface area (Å²) in [6, 6.07) is 45.6. The second kappa shape index (κ2) is 16.8. The third-order valence-corrected chi connectivity index (χ3v) is 8.58. The van der Waals surface area contributed by atoms with Crippen LogP contribution in [0, 0.1) is 17.2 Å².